The van der Waals surface area contributed by atoms with Crippen LogP contribution in [0.4, 0.5) is 4.39 Å². The van der Waals surface area contributed by atoms with Crippen molar-refractivity contribution in [1.82, 2.24) is 0 Å². The number of halogens is 1. The molecule has 1 aliphatic carbocycles. The normalized spacial score (nSPS) is 15.0. The molecular weight excluding hydrogens is 303 g/mol. The molecule has 0 spiro atoms. The van der Waals surface area contributed by atoms with Crippen LogP contribution in [0.3, 0.4) is 0 Å². The maximum Gasteiger partial charge on any atom is 0.307 e. The molecule has 0 heterocycles. The summed E-state index contributed by atoms with van der Waals surface area (Å²) in [5.41, 5.74) is 6.45. The molecule has 1 N–H and O–H groups in total. The third kappa shape index (κ3) is 3.02. The molecule has 2 aromatic carbocycles. The van der Waals surface area contributed by atoms with Gasteiger partial charge in [0.25, 0.3) is 0 Å². The molecule has 0 aromatic heterocycles. The molecule has 3 heteroatoms. The lowest BCUT2D eigenvalue weighted by Crippen LogP contribution is -1.97. The van der Waals surface area contributed by atoms with Crippen molar-refractivity contribution in [2.24, 2.45) is 0 Å². The maximum atomic E-state index is 13.6. The summed E-state index contributed by atoms with van der Waals surface area (Å²) in [6, 6.07) is 12.9. The Hall–Kier alpha value is -2.68. The third-order valence-corrected chi connectivity index (χ3v) is 4.48. The topological polar surface area (TPSA) is 37.3 Å². The van der Waals surface area contributed by atoms with Crippen LogP contribution in [-0.2, 0) is 11.2 Å². The van der Waals surface area contributed by atoms with Crippen LogP contribution in [-0.4, -0.2) is 11.1 Å². The molecule has 1 aliphatic rings. The molecule has 3 rings (SSSR count). The zero-order valence-corrected chi connectivity index (χ0v) is 13.8. The van der Waals surface area contributed by atoms with Crippen molar-refractivity contribution in [3.8, 4) is 0 Å². The monoisotopic (exact) mass is 322 g/mol. The first-order valence-electron chi connectivity index (χ1n) is 8.02. The second-order valence-electron chi connectivity index (χ2n) is 6.02. The SMILES string of the molecule is CCc1ccc(/C=C2\C(C)=C(CC(=O)O)c3cc(F)ccc32)cc1. The van der Waals surface area contributed by atoms with Crippen LogP contribution in [0.5, 0.6) is 0 Å². The van der Waals surface area contributed by atoms with Crippen LogP contribution >= 0.6 is 0 Å². The van der Waals surface area contributed by atoms with E-state index in [9.17, 15) is 14.3 Å². The molecule has 2 aromatic rings. The van der Waals surface area contributed by atoms with Gasteiger partial charge < -0.3 is 5.11 Å². The number of benzene rings is 2. The van der Waals surface area contributed by atoms with Crippen molar-refractivity contribution >= 4 is 23.2 Å². The van der Waals surface area contributed by atoms with Crippen molar-refractivity contribution in [3.05, 3.63) is 76.1 Å². The summed E-state index contributed by atoms with van der Waals surface area (Å²) in [6.07, 6.45) is 2.93. The summed E-state index contributed by atoms with van der Waals surface area (Å²) in [5, 5.41) is 9.17. The van der Waals surface area contributed by atoms with Crippen LogP contribution in [0, 0.1) is 5.82 Å². The zero-order chi connectivity index (χ0) is 17.3. The Morgan fingerprint density at radius 1 is 1.12 bits per heavy atom. The van der Waals surface area contributed by atoms with Crippen LogP contribution < -0.4 is 0 Å². The van der Waals surface area contributed by atoms with Gasteiger partial charge in [0.1, 0.15) is 5.82 Å². The molecule has 0 unspecified atom stereocenters. The summed E-state index contributed by atoms with van der Waals surface area (Å²) in [7, 11) is 0. The van der Waals surface area contributed by atoms with Crippen molar-refractivity contribution in [2.45, 2.75) is 26.7 Å². The molecule has 0 atom stereocenters. The van der Waals surface area contributed by atoms with Gasteiger partial charge in [0.05, 0.1) is 6.42 Å². The van der Waals surface area contributed by atoms with Gasteiger partial charge in [-0.2, -0.15) is 0 Å². The van der Waals surface area contributed by atoms with E-state index in [0.717, 1.165) is 28.7 Å². The number of rotatable bonds is 4. The Balaban J connectivity index is 2.11. The first-order chi connectivity index (χ1) is 11.5. The fourth-order valence-electron chi connectivity index (χ4n) is 3.15. The number of carboxylic acids is 1. The lowest BCUT2D eigenvalue weighted by Gasteiger charge is -2.05. The maximum absolute atomic E-state index is 13.6. The summed E-state index contributed by atoms with van der Waals surface area (Å²) in [4.78, 5) is 11.2. The number of carbonyl (C=O) groups is 1. The van der Waals surface area contributed by atoms with E-state index < -0.39 is 5.97 Å². The Labute approximate surface area is 141 Å². The number of allylic oxidation sites excluding steroid dienone is 2. The van der Waals surface area contributed by atoms with Gasteiger partial charge in [-0.3, -0.25) is 4.79 Å². The van der Waals surface area contributed by atoms with E-state index in [0.29, 0.717) is 11.1 Å². The average Bonchev–Trinajstić information content (AvgIpc) is 2.80. The molecular formula is C21H19FO2. The molecule has 0 bridgehead atoms. The van der Waals surface area contributed by atoms with Crippen LogP contribution in [0.15, 0.2) is 48.0 Å². The second-order valence-corrected chi connectivity index (χ2v) is 6.02. The minimum Gasteiger partial charge on any atom is -0.481 e. The standard InChI is InChI=1S/C21H19FO2/c1-3-14-4-6-15(7-5-14)10-18-13(2)19(12-21(23)24)20-11-16(22)8-9-17(18)20/h4-11H,3,12H2,1-2H3,(H,23,24)/b18-10+. The largest absolute Gasteiger partial charge is 0.481 e. The number of hydrogen-bond donors (Lipinski definition) is 1. The molecule has 24 heavy (non-hydrogen) atoms. The van der Waals surface area contributed by atoms with Crippen LogP contribution in [0.1, 0.15) is 42.5 Å². The lowest BCUT2D eigenvalue weighted by molar-refractivity contribution is -0.135. The molecule has 122 valence electrons. The Kier molecular flexibility index (Phi) is 4.34. The molecule has 2 nitrogen and oxygen atoms in total. The molecule has 0 saturated heterocycles. The Morgan fingerprint density at radius 2 is 1.83 bits per heavy atom. The number of carboxylic acid groups (broad SMARTS) is 1. The second kappa shape index (κ2) is 6.44. The number of aliphatic carboxylic acids is 1. The first-order valence-corrected chi connectivity index (χ1v) is 8.02. The van der Waals surface area contributed by atoms with Gasteiger partial charge in [-0.1, -0.05) is 37.3 Å². The summed E-state index contributed by atoms with van der Waals surface area (Å²) in [6.45, 7) is 4.02. The highest BCUT2D eigenvalue weighted by molar-refractivity contribution is 6.07. The Morgan fingerprint density at radius 3 is 2.46 bits per heavy atom. The minimum atomic E-state index is -0.909. The van der Waals surface area contributed by atoms with Gasteiger partial charge in [-0.05, 0) is 70.5 Å². The van der Waals surface area contributed by atoms with Gasteiger partial charge in [-0.25, -0.2) is 4.39 Å². The fraction of sp³-hybridized carbons (Fsp3) is 0.190. The van der Waals surface area contributed by atoms with E-state index in [2.05, 4.69) is 31.2 Å². The highest BCUT2D eigenvalue weighted by Gasteiger charge is 2.25. The number of aryl methyl sites for hydroxylation is 1. The van der Waals surface area contributed by atoms with E-state index in [-0.39, 0.29) is 12.2 Å². The molecule has 0 fully saturated rings. The van der Waals surface area contributed by atoms with Crippen molar-refractivity contribution in [1.29, 1.82) is 0 Å². The van der Waals surface area contributed by atoms with Crippen LogP contribution in [0.25, 0.3) is 17.2 Å². The predicted octanol–water partition coefficient (Wildman–Crippen LogP) is 5.19. The summed E-state index contributed by atoms with van der Waals surface area (Å²) in [5.74, 6) is -1.26. The van der Waals surface area contributed by atoms with Crippen molar-refractivity contribution in [3.63, 3.8) is 0 Å². The Bertz CT molecular complexity index is 858. The molecule has 0 saturated carbocycles. The smallest absolute Gasteiger partial charge is 0.307 e. The fourth-order valence-corrected chi connectivity index (χ4v) is 3.15. The van der Waals surface area contributed by atoms with E-state index in [1.807, 2.05) is 13.0 Å². The van der Waals surface area contributed by atoms with E-state index in [1.165, 1.54) is 17.7 Å². The van der Waals surface area contributed by atoms with Gasteiger partial charge in [-0.15, -0.1) is 0 Å². The van der Waals surface area contributed by atoms with Gasteiger partial charge in [0.15, 0.2) is 0 Å². The molecule has 0 radical (unpaired) electrons. The van der Waals surface area contributed by atoms with Gasteiger partial charge >= 0.3 is 5.97 Å². The van der Waals surface area contributed by atoms with Crippen molar-refractivity contribution < 1.29 is 14.3 Å². The van der Waals surface area contributed by atoms with E-state index in [1.54, 1.807) is 6.07 Å². The van der Waals surface area contributed by atoms with Crippen molar-refractivity contribution in [2.75, 3.05) is 0 Å². The summed E-state index contributed by atoms with van der Waals surface area (Å²) < 4.78 is 13.6. The highest BCUT2D eigenvalue weighted by Crippen LogP contribution is 2.43. The first kappa shape index (κ1) is 16.2. The predicted molar refractivity (Wildman–Crippen MR) is 94.9 cm³/mol. The number of hydrogen-bond acceptors (Lipinski definition) is 1. The summed E-state index contributed by atoms with van der Waals surface area (Å²) >= 11 is 0. The minimum absolute atomic E-state index is 0.103. The highest BCUT2D eigenvalue weighted by atomic mass is 19.1. The van der Waals surface area contributed by atoms with Gasteiger partial charge in [0, 0.05) is 0 Å². The number of fused-ring (bicyclic) bond motifs is 1. The lowest BCUT2D eigenvalue weighted by atomic mass is 10.00. The zero-order valence-electron chi connectivity index (χ0n) is 13.8. The van der Waals surface area contributed by atoms with Crippen LogP contribution in [0.2, 0.25) is 0 Å². The van der Waals surface area contributed by atoms with E-state index >= 15 is 0 Å². The quantitative estimate of drug-likeness (QED) is 0.841. The van der Waals surface area contributed by atoms with E-state index in [4.69, 9.17) is 0 Å². The third-order valence-electron chi connectivity index (χ3n) is 4.48. The van der Waals surface area contributed by atoms with Gasteiger partial charge in [0.2, 0.25) is 0 Å². The molecule has 0 amide bonds. The molecule has 0 aliphatic heterocycles. The average molecular weight is 322 g/mol.